The van der Waals surface area contributed by atoms with E-state index < -0.39 is 0 Å². The molecule has 0 bridgehead atoms. The Morgan fingerprint density at radius 3 is 2.93 bits per heavy atom. The molecule has 0 unspecified atom stereocenters. The van der Waals surface area contributed by atoms with Crippen molar-refractivity contribution in [2.24, 2.45) is 4.99 Å². The Labute approximate surface area is 88.8 Å². The maximum absolute atomic E-state index is 11.8. The Kier molecular flexibility index (Phi) is 2.54. The van der Waals surface area contributed by atoms with Crippen molar-refractivity contribution in [3.05, 3.63) is 29.3 Å². The fraction of sp³-hybridized carbons (Fsp3) is 0.333. The zero-order valence-corrected chi connectivity index (χ0v) is 8.91. The summed E-state index contributed by atoms with van der Waals surface area (Å²) in [6.45, 7) is 2.40. The van der Waals surface area contributed by atoms with Crippen LogP contribution >= 0.6 is 0 Å². The van der Waals surface area contributed by atoms with Gasteiger partial charge in [-0.25, -0.2) is 0 Å². The highest BCUT2D eigenvalue weighted by Crippen LogP contribution is 2.24. The lowest BCUT2D eigenvalue weighted by molar-refractivity contribution is 0.100. The van der Waals surface area contributed by atoms with Crippen LogP contribution in [0.15, 0.2) is 23.2 Å². The minimum Gasteiger partial charge on any atom is -0.487 e. The molecule has 2 rings (SSSR count). The lowest BCUT2D eigenvalue weighted by atomic mass is 10.0. The van der Waals surface area contributed by atoms with Crippen molar-refractivity contribution in [2.75, 3.05) is 13.7 Å². The van der Waals surface area contributed by atoms with Gasteiger partial charge in [0.2, 0.25) is 0 Å². The van der Waals surface area contributed by atoms with E-state index in [9.17, 15) is 4.79 Å². The summed E-state index contributed by atoms with van der Waals surface area (Å²) in [6.07, 6.45) is 0.368. The second-order valence-corrected chi connectivity index (χ2v) is 3.68. The highest BCUT2D eigenvalue weighted by atomic mass is 16.5. The van der Waals surface area contributed by atoms with Crippen LogP contribution in [0.3, 0.4) is 0 Å². The minimum absolute atomic E-state index is 0.0862. The van der Waals surface area contributed by atoms with Crippen LogP contribution in [0.4, 0.5) is 0 Å². The SMILES string of the molecule is CN=C1COc2cc(C)ccc2C(=O)C1. The van der Waals surface area contributed by atoms with Crippen LogP contribution in [0.1, 0.15) is 22.3 Å². The van der Waals surface area contributed by atoms with Crippen molar-refractivity contribution in [2.45, 2.75) is 13.3 Å². The maximum atomic E-state index is 11.8. The van der Waals surface area contributed by atoms with Gasteiger partial charge in [0.05, 0.1) is 17.7 Å². The van der Waals surface area contributed by atoms with E-state index in [-0.39, 0.29) is 5.78 Å². The van der Waals surface area contributed by atoms with Gasteiger partial charge in [-0.1, -0.05) is 6.07 Å². The third kappa shape index (κ3) is 1.91. The summed E-state index contributed by atoms with van der Waals surface area (Å²) in [7, 11) is 1.69. The van der Waals surface area contributed by atoms with Gasteiger partial charge < -0.3 is 4.74 Å². The molecule has 1 aromatic rings. The second-order valence-electron chi connectivity index (χ2n) is 3.68. The van der Waals surface area contributed by atoms with E-state index >= 15 is 0 Å². The number of Topliss-reactive ketones (excluding diaryl/α,β-unsaturated/α-hetero) is 1. The zero-order chi connectivity index (χ0) is 10.8. The van der Waals surface area contributed by atoms with Crippen LogP contribution in [0.25, 0.3) is 0 Å². The molecule has 78 valence electrons. The molecule has 1 aliphatic heterocycles. The lowest BCUT2D eigenvalue weighted by Crippen LogP contribution is -2.11. The van der Waals surface area contributed by atoms with E-state index in [1.807, 2.05) is 25.1 Å². The largest absolute Gasteiger partial charge is 0.487 e. The molecular weight excluding hydrogens is 190 g/mol. The van der Waals surface area contributed by atoms with E-state index in [2.05, 4.69) is 4.99 Å². The quantitative estimate of drug-likeness (QED) is 0.647. The number of fused-ring (bicyclic) bond motifs is 1. The van der Waals surface area contributed by atoms with Crippen LogP contribution in [-0.4, -0.2) is 25.1 Å². The van der Waals surface area contributed by atoms with Gasteiger partial charge in [-0.05, 0) is 24.6 Å². The average molecular weight is 203 g/mol. The monoisotopic (exact) mass is 203 g/mol. The number of ketones is 1. The highest BCUT2D eigenvalue weighted by Gasteiger charge is 2.19. The van der Waals surface area contributed by atoms with Gasteiger partial charge in [-0.2, -0.15) is 0 Å². The number of hydrogen-bond acceptors (Lipinski definition) is 3. The van der Waals surface area contributed by atoms with Gasteiger partial charge in [0.1, 0.15) is 12.4 Å². The number of rotatable bonds is 0. The van der Waals surface area contributed by atoms with Gasteiger partial charge in [0.25, 0.3) is 0 Å². The highest BCUT2D eigenvalue weighted by molar-refractivity contribution is 6.12. The van der Waals surface area contributed by atoms with Gasteiger partial charge in [-0.15, -0.1) is 0 Å². The molecule has 0 radical (unpaired) electrons. The van der Waals surface area contributed by atoms with E-state index in [1.165, 1.54) is 0 Å². The zero-order valence-electron chi connectivity index (χ0n) is 8.91. The summed E-state index contributed by atoms with van der Waals surface area (Å²) in [5, 5.41) is 0. The Bertz CT molecular complexity index is 435. The van der Waals surface area contributed by atoms with Crippen molar-refractivity contribution < 1.29 is 9.53 Å². The standard InChI is InChI=1S/C12H13NO2/c1-8-3-4-10-11(14)6-9(13-2)7-15-12(10)5-8/h3-5H,6-7H2,1-2H3. The molecule has 3 nitrogen and oxygen atoms in total. The predicted octanol–water partition coefficient (Wildman–Crippen LogP) is 2.03. The fourth-order valence-electron chi connectivity index (χ4n) is 1.62. The molecule has 0 fully saturated rings. The Hall–Kier alpha value is -1.64. The average Bonchev–Trinajstić information content (AvgIpc) is 2.38. The molecular formula is C12H13NO2. The molecule has 0 aromatic heterocycles. The number of carbonyl (C=O) groups is 1. The van der Waals surface area contributed by atoms with E-state index in [4.69, 9.17) is 4.74 Å². The van der Waals surface area contributed by atoms with Crippen LogP contribution in [0.2, 0.25) is 0 Å². The first-order chi connectivity index (χ1) is 7.20. The summed E-state index contributed by atoms with van der Waals surface area (Å²) < 4.78 is 5.55. The maximum Gasteiger partial charge on any atom is 0.172 e. The van der Waals surface area contributed by atoms with Crippen LogP contribution in [0.5, 0.6) is 5.75 Å². The molecule has 0 N–H and O–H groups in total. The van der Waals surface area contributed by atoms with Crippen LogP contribution in [-0.2, 0) is 0 Å². The molecule has 0 saturated carbocycles. The number of nitrogens with zero attached hydrogens (tertiary/aromatic N) is 1. The van der Waals surface area contributed by atoms with Crippen molar-refractivity contribution >= 4 is 11.5 Å². The predicted molar refractivity (Wildman–Crippen MR) is 59.0 cm³/mol. The molecule has 0 amide bonds. The molecule has 3 heteroatoms. The van der Waals surface area contributed by atoms with Crippen molar-refractivity contribution in [3.8, 4) is 5.75 Å². The topological polar surface area (TPSA) is 38.7 Å². The van der Waals surface area contributed by atoms with Crippen LogP contribution < -0.4 is 4.74 Å². The lowest BCUT2D eigenvalue weighted by Gasteiger charge is -2.06. The van der Waals surface area contributed by atoms with Crippen LogP contribution in [0, 0.1) is 6.92 Å². The van der Waals surface area contributed by atoms with E-state index in [1.54, 1.807) is 7.05 Å². The molecule has 15 heavy (non-hydrogen) atoms. The fourth-order valence-corrected chi connectivity index (χ4v) is 1.62. The summed E-state index contributed by atoms with van der Waals surface area (Å²) in [6, 6.07) is 5.64. The normalized spacial score (nSPS) is 18.3. The summed E-state index contributed by atoms with van der Waals surface area (Å²) in [5.41, 5.74) is 2.56. The number of benzene rings is 1. The number of aryl methyl sites for hydroxylation is 1. The van der Waals surface area contributed by atoms with Gasteiger partial charge in [-0.3, -0.25) is 9.79 Å². The van der Waals surface area contributed by atoms with E-state index in [0.717, 1.165) is 11.3 Å². The number of hydrogen-bond donors (Lipinski definition) is 0. The molecule has 1 aromatic carbocycles. The summed E-state index contributed by atoms with van der Waals surface area (Å²) in [5.74, 6) is 0.766. The number of carbonyl (C=O) groups excluding carboxylic acids is 1. The smallest absolute Gasteiger partial charge is 0.172 e. The third-order valence-corrected chi connectivity index (χ3v) is 2.51. The second kappa shape index (κ2) is 3.85. The Morgan fingerprint density at radius 1 is 1.40 bits per heavy atom. The number of ether oxygens (including phenoxy) is 1. The van der Waals surface area contributed by atoms with Gasteiger partial charge >= 0.3 is 0 Å². The van der Waals surface area contributed by atoms with Gasteiger partial charge in [0, 0.05) is 7.05 Å². The molecule has 1 heterocycles. The third-order valence-electron chi connectivity index (χ3n) is 2.51. The summed E-state index contributed by atoms with van der Waals surface area (Å²) in [4.78, 5) is 15.9. The number of aliphatic imine (C=N–C) groups is 1. The Balaban J connectivity index is 2.43. The Morgan fingerprint density at radius 2 is 2.20 bits per heavy atom. The molecule has 0 atom stereocenters. The van der Waals surface area contributed by atoms with Crippen molar-refractivity contribution in [1.82, 2.24) is 0 Å². The van der Waals surface area contributed by atoms with Crippen molar-refractivity contribution in [3.63, 3.8) is 0 Å². The molecule has 0 spiro atoms. The van der Waals surface area contributed by atoms with E-state index in [0.29, 0.717) is 24.3 Å². The molecule has 0 aliphatic carbocycles. The first kappa shape index (κ1) is 9.90. The molecule has 1 aliphatic rings. The summed E-state index contributed by atoms with van der Waals surface area (Å²) >= 11 is 0. The first-order valence-electron chi connectivity index (χ1n) is 4.92. The van der Waals surface area contributed by atoms with Crippen molar-refractivity contribution in [1.29, 1.82) is 0 Å². The van der Waals surface area contributed by atoms with Gasteiger partial charge in [0.15, 0.2) is 5.78 Å². The first-order valence-corrected chi connectivity index (χ1v) is 4.92. The molecule has 0 saturated heterocycles. The minimum atomic E-state index is 0.0862.